The number of aryl methyl sites for hydroxylation is 1. The predicted molar refractivity (Wildman–Crippen MR) is 87.0 cm³/mol. The van der Waals surface area contributed by atoms with E-state index in [1.165, 1.54) is 0 Å². The van der Waals surface area contributed by atoms with Gasteiger partial charge < -0.3 is 10.4 Å². The summed E-state index contributed by atoms with van der Waals surface area (Å²) in [6.07, 6.45) is 6.08. The largest absolute Gasteiger partial charge is 0.396 e. The molecule has 0 saturated heterocycles. The van der Waals surface area contributed by atoms with Crippen LogP contribution in [0, 0.1) is 12.3 Å². The predicted octanol–water partition coefficient (Wildman–Crippen LogP) is 2.56. The second-order valence-corrected chi connectivity index (χ2v) is 5.94. The summed E-state index contributed by atoms with van der Waals surface area (Å²) in [4.78, 5) is 16.7. The van der Waals surface area contributed by atoms with E-state index in [9.17, 15) is 9.90 Å². The van der Waals surface area contributed by atoms with Crippen molar-refractivity contribution in [3.05, 3.63) is 35.8 Å². The molecule has 0 aliphatic heterocycles. The molecule has 120 valence electrons. The number of amides is 1. The topological polar surface area (TPSA) is 66.6 Å². The van der Waals surface area contributed by atoms with Gasteiger partial charge in [-0.25, -0.2) is 4.98 Å². The Kier molecular flexibility index (Phi) is 5.19. The van der Waals surface area contributed by atoms with E-state index < -0.39 is 0 Å². The first-order valence-corrected chi connectivity index (χ1v) is 7.88. The van der Waals surface area contributed by atoms with E-state index in [0.29, 0.717) is 18.7 Å². The molecular weight excluding hydrogens is 278 g/mol. The summed E-state index contributed by atoms with van der Waals surface area (Å²) in [5.41, 5.74) is 2.35. The first-order valence-electron chi connectivity index (χ1n) is 7.88. The molecule has 5 nitrogen and oxygen atoms in total. The summed E-state index contributed by atoms with van der Waals surface area (Å²) in [5, 5.41) is 12.3. The molecule has 5 heteroatoms. The van der Waals surface area contributed by atoms with E-state index in [2.05, 4.69) is 24.1 Å². The molecule has 0 saturated carbocycles. The number of hydrogen-bond donors (Lipinski definition) is 2. The highest BCUT2D eigenvalue weighted by atomic mass is 16.3. The molecule has 2 N–H and O–H groups in total. The van der Waals surface area contributed by atoms with Crippen molar-refractivity contribution < 1.29 is 9.90 Å². The number of pyridine rings is 1. The quantitative estimate of drug-likeness (QED) is 0.826. The minimum atomic E-state index is -0.123. The monoisotopic (exact) mass is 303 g/mol. The molecule has 0 atom stereocenters. The Morgan fingerprint density at radius 2 is 2.09 bits per heavy atom. The summed E-state index contributed by atoms with van der Waals surface area (Å²) < 4.78 is 1.82. The fourth-order valence-corrected chi connectivity index (χ4v) is 2.79. The summed E-state index contributed by atoms with van der Waals surface area (Å²) in [5.74, 6) is -0.123. The minimum absolute atomic E-state index is 0.0409. The van der Waals surface area contributed by atoms with E-state index in [1.807, 2.05) is 29.7 Å². The van der Waals surface area contributed by atoms with Crippen molar-refractivity contribution in [2.24, 2.45) is 5.41 Å². The Morgan fingerprint density at radius 3 is 2.73 bits per heavy atom. The van der Waals surface area contributed by atoms with Gasteiger partial charge in [0, 0.05) is 19.3 Å². The van der Waals surface area contributed by atoms with Crippen LogP contribution in [0.4, 0.5) is 0 Å². The van der Waals surface area contributed by atoms with Gasteiger partial charge in [-0.2, -0.15) is 0 Å². The molecule has 22 heavy (non-hydrogen) atoms. The average Bonchev–Trinajstić information content (AvgIpc) is 2.94. The van der Waals surface area contributed by atoms with Crippen LogP contribution in [0.1, 0.15) is 49.2 Å². The van der Waals surface area contributed by atoms with Crippen LogP contribution >= 0.6 is 0 Å². The third-order valence-electron chi connectivity index (χ3n) is 4.65. The molecule has 0 bridgehead atoms. The van der Waals surface area contributed by atoms with E-state index in [1.54, 1.807) is 6.20 Å². The molecule has 0 unspecified atom stereocenters. The number of nitrogens with one attached hydrogen (secondary N) is 1. The minimum Gasteiger partial charge on any atom is -0.396 e. The number of nitrogens with zero attached hydrogens (tertiary/aromatic N) is 2. The Morgan fingerprint density at radius 1 is 1.36 bits per heavy atom. The van der Waals surface area contributed by atoms with Gasteiger partial charge in [-0.15, -0.1) is 0 Å². The number of aliphatic hydroxyl groups excluding tert-OH is 1. The van der Waals surface area contributed by atoms with Crippen molar-refractivity contribution in [3.63, 3.8) is 0 Å². The summed E-state index contributed by atoms with van der Waals surface area (Å²) in [7, 11) is 0. The summed E-state index contributed by atoms with van der Waals surface area (Å²) in [6, 6.07) is 3.88. The van der Waals surface area contributed by atoms with Crippen LogP contribution in [-0.4, -0.2) is 33.6 Å². The lowest BCUT2D eigenvalue weighted by molar-refractivity contribution is 0.0901. The van der Waals surface area contributed by atoms with Crippen LogP contribution in [0.5, 0.6) is 0 Å². The molecule has 2 aromatic heterocycles. The lowest BCUT2D eigenvalue weighted by Gasteiger charge is -2.31. The van der Waals surface area contributed by atoms with Crippen LogP contribution in [0.15, 0.2) is 24.5 Å². The first-order chi connectivity index (χ1) is 10.5. The molecule has 0 aromatic carbocycles. The Labute approximate surface area is 131 Å². The number of carbonyl (C=O) groups excluding carboxylic acids is 1. The molecule has 0 aliphatic carbocycles. The van der Waals surface area contributed by atoms with Crippen LogP contribution in [0.2, 0.25) is 0 Å². The lowest BCUT2D eigenvalue weighted by atomic mass is 9.79. The third kappa shape index (κ3) is 3.30. The maximum Gasteiger partial charge on any atom is 0.269 e. The zero-order valence-electron chi connectivity index (χ0n) is 13.6. The number of aromatic nitrogens is 2. The average molecular weight is 303 g/mol. The van der Waals surface area contributed by atoms with Crippen molar-refractivity contribution in [1.29, 1.82) is 0 Å². The number of rotatable bonds is 7. The van der Waals surface area contributed by atoms with Gasteiger partial charge in [0.15, 0.2) is 0 Å². The molecule has 2 rings (SSSR count). The van der Waals surface area contributed by atoms with Crippen LogP contribution in [-0.2, 0) is 0 Å². The molecular formula is C17H25N3O2. The zero-order chi connectivity index (χ0) is 16.2. The number of fused-ring (bicyclic) bond motifs is 1. The van der Waals surface area contributed by atoms with Crippen molar-refractivity contribution in [2.45, 2.75) is 40.0 Å². The van der Waals surface area contributed by atoms with Gasteiger partial charge in [0.25, 0.3) is 5.91 Å². The Balaban J connectivity index is 2.15. The first kappa shape index (κ1) is 16.5. The van der Waals surface area contributed by atoms with Crippen molar-refractivity contribution >= 4 is 11.6 Å². The lowest BCUT2D eigenvalue weighted by Crippen LogP contribution is -2.38. The summed E-state index contributed by atoms with van der Waals surface area (Å²) in [6.45, 7) is 6.90. The van der Waals surface area contributed by atoms with Crippen molar-refractivity contribution in [3.8, 4) is 0 Å². The molecule has 0 radical (unpaired) electrons. The fraction of sp³-hybridized carbons (Fsp3) is 0.529. The van der Waals surface area contributed by atoms with Gasteiger partial charge in [-0.1, -0.05) is 19.9 Å². The van der Waals surface area contributed by atoms with Crippen molar-refractivity contribution in [2.75, 3.05) is 13.2 Å². The van der Waals surface area contributed by atoms with Gasteiger partial charge in [0.2, 0.25) is 0 Å². The highest BCUT2D eigenvalue weighted by Crippen LogP contribution is 2.29. The number of carbonyl (C=O) groups is 1. The van der Waals surface area contributed by atoms with E-state index >= 15 is 0 Å². The molecule has 2 aromatic rings. The van der Waals surface area contributed by atoms with E-state index in [4.69, 9.17) is 0 Å². The molecule has 0 fully saturated rings. The standard InChI is InChI=1S/C17H25N3O2/c1-4-17(5-2,8-9-21)12-19-16(22)14-10-18-15-7-6-13(3)11-20(14)15/h6-7,10-11,21H,4-5,8-9,12H2,1-3H3,(H,19,22). The molecule has 0 spiro atoms. The highest BCUT2D eigenvalue weighted by molar-refractivity contribution is 5.93. The zero-order valence-corrected chi connectivity index (χ0v) is 13.6. The number of imidazole rings is 1. The smallest absolute Gasteiger partial charge is 0.269 e. The van der Waals surface area contributed by atoms with Gasteiger partial charge in [0.05, 0.1) is 6.20 Å². The van der Waals surface area contributed by atoms with Crippen LogP contribution in [0.25, 0.3) is 5.65 Å². The highest BCUT2D eigenvalue weighted by Gasteiger charge is 2.26. The van der Waals surface area contributed by atoms with Gasteiger partial charge in [0.1, 0.15) is 11.3 Å². The Hall–Kier alpha value is -1.88. The maximum absolute atomic E-state index is 12.5. The Bertz CT molecular complexity index is 644. The molecule has 1 amide bonds. The number of aliphatic hydroxyl groups is 1. The van der Waals surface area contributed by atoms with Gasteiger partial charge in [-0.05, 0) is 43.2 Å². The summed E-state index contributed by atoms with van der Waals surface area (Å²) >= 11 is 0. The van der Waals surface area contributed by atoms with Gasteiger partial charge in [-0.3, -0.25) is 9.20 Å². The van der Waals surface area contributed by atoms with Crippen molar-refractivity contribution in [1.82, 2.24) is 14.7 Å². The SMILES string of the molecule is CCC(CC)(CCO)CNC(=O)c1cnc2ccc(C)cn12. The normalized spacial score (nSPS) is 11.8. The van der Waals surface area contributed by atoms with E-state index in [0.717, 1.165) is 24.1 Å². The van der Waals surface area contributed by atoms with Crippen LogP contribution < -0.4 is 5.32 Å². The van der Waals surface area contributed by atoms with Crippen LogP contribution in [0.3, 0.4) is 0 Å². The second kappa shape index (κ2) is 6.92. The maximum atomic E-state index is 12.5. The fourth-order valence-electron chi connectivity index (χ4n) is 2.79. The number of hydrogen-bond acceptors (Lipinski definition) is 3. The third-order valence-corrected chi connectivity index (χ3v) is 4.65. The second-order valence-electron chi connectivity index (χ2n) is 5.94. The molecule has 0 aliphatic rings. The van der Waals surface area contributed by atoms with Gasteiger partial charge >= 0.3 is 0 Å². The van der Waals surface area contributed by atoms with E-state index in [-0.39, 0.29) is 17.9 Å². The molecule has 2 heterocycles.